The minimum absolute atomic E-state index is 0.0563. The van der Waals surface area contributed by atoms with Crippen molar-refractivity contribution in [1.29, 1.82) is 0 Å². The summed E-state index contributed by atoms with van der Waals surface area (Å²) >= 11 is 1.98. The van der Waals surface area contributed by atoms with E-state index in [-0.39, 0.29) is 41.2 Å². The lowest BCUT2D eigenvalue weighted by Crippen LogP contribution is -2.28. The molecular formula is C17H15IN2O4. The first-order chi connectivity index (χ1) is 11.5. The third-order valence-corrected chi connectivity index (χ3v) is 5.86. The van der Waals surface area contributed by atoms with Gasteiger partial charge in [-0.05, 0) is 58.5 Å². The van der Waals surface area contributed by atoms with Gasteiger partial charge in [-0.1, -0.05) is 12.2 Å². The van der Waals surface area contributed by atoms with Crippen molar-refractivity contribution in [3.8, 4) is 11.5 Å². The third kappa shape index (κ3) is 2.17. The van der Waals surface area contributed by atoms with E-state index in [1.165, 1.54) is 13.3 Å². The highest BCUT2D eigenvalue weighted by atomic mass is 127. The van der Waals surface area contributed by atoms with Crippen LogP contribution in [0.5, 0.6) is 11.5 Å². The fraction of sp³-hybridized carbons (Fsp3) is 0.353. The van der Waals surface area contributed by atoms with E-state index in [9.17, 15) is 14.7 Å². The van der Waals surface area contributed by atoms with Gasteiger partial charge in [0.25, 0.3) is 11.8 Å². The molecule has 4 atom stereocenters. The molecule has 1 aromatic rings. The van der Waals surface area contributed by atoms with Crippen LogP contribution in [0.25, 0.3) is 0 Å². The largest absolute Gasteiger partial charge is 0.504 e. The lowest BCUT2D eigenvalue weighted by molar-refractivity contribution is -0.140. The van der Waals surface area contributed by atoms with Crippen LogP contribution in [-0.4, -0.2) is 35.3 Å². The van der Waals surface area contributed by atoms with E-state index in [4.69, 9.17) is 4.74 Å². The zero-order chi connectivity index (χ0) is 17.0. The molecule has 1 aliphatic heterocycles. The highest BCUT2D eigenvalue weighted by Gasteiger charge is 2.59. The van der Waals surface area contributed by atoms with E-state index < -0.39 is 0 Å². The number of hydrogen-bond donors (Lipinski definition) is 1. The Labute approximate surface area is 152 Å². The molecule has 124 valence electrons. The number of amides is 2. The Morgan fingerprint density at radius 1 is 1.25 bits per heavy atom. The number of benzene rings is 1. The average molecular weight is 438 g/mol. The Hall–Kier alpha value is -1.90. The predicted molar refractivity (Wildman–Crippen MR) is 94.5 cm³/mol. The molecule has 1 aromatic carbocycles. The number of carbonyl (C=O) groups excluding carboxylic acids is 2. The van der Waals surface area contributed by atoms with Crippen LogP contribution in [0.15, 0.2) is 29.4 Å². The number of phenolic OH excluding ortho intramolecular Hbond substituents is 1. The van der Waals surface area contributed by atoms with Gasteiger partial charge in [0.15, 0.2) is 11.5 Å². The van der Waals surface area contributed by atoms with Gasteiger partial charge in [-0.25, -0.2) is 0 Å². The smallest absolute Gasteiger partial charge is 0.254 e. The van der Waals surface area contributed by atoms with Crippen LogP contribution in [0.3, 0.4) is 0 Å². The first kappa shape index (κ1) is 15.6. The number of nitrogens with zero attached hydrogens (tertiary/aromatic N) is 2. The van der Waals surface area contributed by atoms with Gasteiger partial charge < -0.3 is 9.84 Å². The summed E-state index contributed by atoms with van der Waals surface area (Å²) < 4.78 is 5.71. The van der Waals surface area contributed by atoms with E-state index in [1.807, 2.05) is 22.6 Å². The number of hydrazone groups is 1. The Kier molecular flexibility index (Phi) is 3.63. The number of fused-ring (bicyclic) bond motifs is 5. The highest BCUT2D eigenvalue weighted by Crippen LogP contribution is 2.52. The second-order valence-corrected chi connectivity index (χ2v) is 7.45. The molecule has 2 bridgehead atoms. The topological polar surface area (TPSA) is 79.2 Å². The van der Waals surface area contributed by atoms with Crippen LogP contribution in [0.2, 0.25) is 0 Å². The van der Waals surface area contributed by atoms with Gasteiger partial charge in [-0.15, -0.1) is 0 Å². The number of rotatable bonds is 3. The molecule has 1 saturated carbocycles. The first-order valence-corrected chi connectivity index (χ1v) is 8.75. The number of hydrogen-bond acceptors (Lipinski definition) is 5. The molecule has 1 heterocycles. The quantitative estimate of drug-likeness (QED) is 0.340. The molecule has 0 spiro atoms. The summed E-state index contributed by atoms with van der Waals surface area (Å²) in [5, 5.41) is 15.0. The Morgan fingerprint density at radius 3 is 2.46 bits per heavy atom. The van der Waals surface area contributed by atoms with Crippen LogP contribution in [0, 0.1) is 27.2 Å². The number of carbonyl (C=O) groups is 2. The lowest BCUT2D eigenvalue weighted by Gasteiger charge is -2.13. The molecule has 6 nitrogen and oxygen atoms in total. The predicted octanol–water partition coefficient (Wildman–Crippen LogP) is 2.15. The molecule has 2 amide bonds. The Morgan fingerprint density at radius 2 is 1.88 bits per heavy atom. The summed E-state index contributed by atoms with van der Waals surface area (Å²) in [7, 11) is 1.46. The number of phenols is 1. The number of allylic oxidation sites excluding steroid dienone is 2. The molecule has 4 rings (SSSR count). The summed E-state index contributed by atoms with van der Waals surface area (Å²) in [5.74, 6) is -0.199. The van der Waals surface area contributed by atoms with Gasteiger partial charge in [0.2, 0.25) is 0 Å². The van der Waals surface area contributed by atoms with Crippen molar-refractivity contribution >= 4 is 40.6 Å². The summed E-state index contributed by atoms with van der Waals surface area (Å²) in [6.07, 6.45) is 6.46. The van der Waals surface area contributed by atoms with E-state index in [1.54, 1.807) is 12.1 Å². The lowest BCUT2D eigenvalue weighted by atomic mass is 9.85. The van der Waals surface area contributed by atoms with Crippen molar-refractivity contribution in [2.45, 2.75) is 6.42 Å². The molecule has 0 aromatic heterocycles. The molecular weight excluding hydrogens is 423 g/mol. The zero-order valence-electron chi connectivity index (χ0n) is 12.8. The van der Waals surface area contributed by atoms with Crippen molar-refractivity contribution in [1.82, 2.24) is 5.01 Å². The molecule has 0 radical (unpaired) electrons. The first-order valence-electron chi connectivity index (χ1n) is 7.68. The molecule has 0 unspecified atom stereocenters. The molecule has 3 aliphatic rings. The van der Waals surface area contributed by atoms with Crippen LogP contribution in [0.4, 0.5) is 0 Å². The Balaban J connectivity index is 1.60. The Bertz CT molecular complexity index is 774. The maximum Gasteiger partial charge on any atom is 0.254 e. The van der Waals surface area contributed by atoms with Crippen molar-refractivity contribution in [2.75, 3.05) is 7.11 Å². The molecule has 7 heteroatoms. The number of ether oxygens (including phenoxy) is 1. The fourth-order valence-electron chi connectivity index (χ4n) is 3.95. The highest BCUT2D eigenvalue weighted by molar-refractivity contribution is 14.1. The molecule has 2 fully saturated rings. The third-order valence-electron chi connectivity index (χ3n) is 5.04. The average Bonchev–Trinajstić information content (AvgIpc) is 3.23. The number of halogens is 1. The normalized spacial score (nSPS) is 30.7. The number of aromatic hydroxyl groups is 1. The van der Waals surface area contributed by atoms with Crippen LogP contribution in [0.1, 0.15) is 12.0 Å². The van der Waals surface area contributed by atoms with Crippen molar-refractivity contribution in [3.05, 3.63) is 33.4 Å². The van der Waals surface area contributed by atoms with Crippen molar-refractivity contribution in [2.24, 2.45) is 28.8 Å². The standard InChI is InChI=1S/C17H15IN2O4/c1-24-12-5-8(4-11(18)15(12)21)7-19-20-16(22)13-9-2-3-10(6-9)14(13)17(20)23/h2-5,7,9-10,13-14,21H,6H2,1H3/b19-7-/t9-,10+,13-,14+. The molecule has 2 aliphatic carbocycles. The van der Waals surface area contributed by atoms with E-state index >= 15 is 0 Å². The van der Waals surface area contributed by atoms with E-state index in [0.29, 0.717) is 14.9 Å². The maximum atomic E-state index is 12.5. The van der Waals surface area contributed by atoms with E-state index in [2.05, 4.69) is 17.3 Å². The van der Waals surface area contributed by atoms with E-state index in [0.717, 1.165) is 11.4 Å². The summed E-state index contributed by atoms with van der Waals surface area (Å²) in [6, 6.07) is 3.32. The van der Waals surface area contributed by atoms with Gasteiger partial charge in [-0.3, -0.25) is 9.59 Å². The molecule has 1 N–H and O–H groups in total. The van der Waals surface area contributed by atoms with Gasteiger partial charge >= 0.3 is 0 Å². The summed E-state index contributed by atoms with van der Waals surface area (Å²) in [5.41, 5.74) is 0.646. The number of methoxy groups -OCH3 is 1. The van der Waals surface area contributed by atoms with Crippen LogP contribution in [-0.2, 0) is 9.59 Å². The number of imide groups is 1. The molecule has 1 saturated heterocycles. The fourth-order valence-corrected chi connectivity index (χ4v) is 4.57. The van der Waals surface area contributed by atoms with Gasteiger partial charge in [-0.2, -0.15) is 10.1 Å². The second kappa shape index (κ2) is 5.58. The van der Waals surface area contributed by atoms with Crippen molar-refractivity contribution < 1.29 is 19.4 Å². The van der Waals surface area contributed by atoms with Crippen LogP contribution < -0.4 is 4.74 Å². The van der Waals surface area contributed by atoms with Crippen molar-refractivity contribution in [3.63, 3.8) is 0 Å². The SMILES string of the molecule is COc1cc(/C=N\N2C(=O)[C@@H]3[C@H](C2=O)[C@@H]2C=C[C@H]3C2)cc(I)c1O. The summed E-state index contributed by atoms with van der Waals surface area (Å²) in [4.78, 5) is 25.1. The maximum absolute atomic E-state index is 12.5. The minimum atomic E-state index is -0.251. The van der Waals surface area contributed by atoms with Crippen LogP contribution >= 0.6 is 22.6 Å². The minimum Gasteiger partial charge on any atom is -0.504 e. The molecule has 24 heavy (non-hydrogen) atoms. The van der Waals surface area contributed by atoms with Gasteiger partial charge in [0.05, 0.1) is 28.7 Å². The monoisotopic (exact) mass is 438 g/mol. The summed E-state index contributed by atoms with van der Waals surface area (Å²) in [6.45, 7) is 0. The van der Waals surface area contributed by atoms with Gasteiger partial charge in [0.1, 0.15) is 0 Å². The zero-order valence-corrected chi connectivity index (χ0v) is 15.0. The second-order valence-electron chi connectivity index (χ2n) is 6.29. The van der Waals surface area contributed by atoms with Gasteiger partial charge in [0, 0.05) is 0 Å².